The third-order valence-electron chi connectivity index (χ3n) is 4.03. The minimum Gasteiger partial charge on any atom is -0.374 e. The maximum Gasteiger partial charge on any atom is 0.0848 e. The average molecular weight is 252 g/mol. The first kappa shape index (κ1) is 15.5. The maximum absolute atomic E-state index is 6.14. The van der Waals surface area contributed by atoms with Gasteiger partial charge in [-0.2, -0.15) is 0 Å². The van der Waals surface area contributed by atoms with E-state index in [0.717, 1.165) is 38.7 Å². The largest absolute Gasteiger partial charge is 0.374 e. The Morgan fingerprint density at radius 3 is 2.50 bits per heavy atom. The summed E-state index contributed by atoms with van der Waals surface area (Å²) < 4.78 is 6.14. The van der Waals surface area contributed by atoms with Gasteiger partial charge >= 0.3 is 0 Å². The molecule has 3 N–H and O–H groups in total. The molecule has 0 spiro atoms. The van der Waals surface area contributed by atoms with Crippen molar-refractivity contribution in [1.29, 1.82) is 0 Å². The van der Waals surface area contributed by atoms with E-state index in [1.807, 2.05) is 0 Å². The number of nitrogens with one attached hydrogen (secondary N) is 1. The molecule has 0 heterocycles. The Morgan fingerprint density at radius 1 is 1.33 bits per heavy atom. The van der Waals surface area contributed by atoms with Crippen LogP contribution >= 0.6 is 0 Å². The van der Waals surface area contributed by atoms with Gasteiger partial charge in [0.15, 0.2) is 0 Å². The molecular weight excluding hydrogens is 224 g/mol. The molecule has 1 atom stereocenters. The van der Waals surface area contributed by atoms with Crippen LogP contribution in [-0.4, -0.2) is 18.2 Å². The lowest BCUT2D eigenvalue weighted by Gasteiger charge is -2.40. The zero-order chi connectivity index (χ0) is 13.3. The predicted octanol–water partition coefficient (Wildman–Crippen LogP) is 2.75. The van der Waals surface area contributed by atoms with E-state index in [1.54, 1.807) is 0 Å². The van der Waals surface area contributed by atoms with Crippen LogP contribution < -0.4 is 11.3 Å². The van der Waals surface area contributed by atoms with Crippen molar-refractivity contribution in [1.82, 2.24) is 5.43 Å². The molecular formula is C15H28N2O. The SMILES string of the molecule is C#CCCCC(NN)C1(OCC)CCCCCC1. The van der Waals surface area contributed by atoms with Crippen LogP contribution in [0, 0.1) is 12.3 Å². The summed E-state index contributed by atoms with van der Waals surface area (Å²) in [6.07, 6.45) is 15.5. The summed E-state index contributed by atoms with van der Waals surface area (Å²) in [5.74, 6) is 8.47. The monoisotopic (exact) mass is 252 g/mol. The normalized spacial score (nSPS) is 20.9. The molecule has 104 valence electrons. The number of hydrogen-bond acceptors (Lipinski definition) is 3. The summed E-state index contributed by atoms with van der Waals surface area (Å²) >= 11 is 0. The first-order valence-electron chi connectivity index (χ1n) is 7.32. The summed E-state index contributed by atoms with van der Waals surface area (Å²) in [5, 5.41) is 0. The highest BCUT2D eigenvalue weighted by Crippen LogP contribution is 2.35. The quantitative estimate of drug-likeness (QED) is 0.241. The van der Waals surface area contributed by atoms with Gasteiger partial charge in [0, 0.05) is 13.0 Å². The van der Waals surface area contributed by atoms with Gasteiger partial charge in [0.1, 0.15) is 0 Å². The number of hydrogen-bond donors (Lipinski definition) is 2. The van der Waals surface area contributed by atoms with Gasteiger partial charge in [-0.15, -0.1) is 12.3 Å². The summed E-state index contributed by atoms with van der Waals surface area (Å²) in [4.78, 5) is 0. The third kappa shape index (κ3) is 4.28. The fraction of sp³-hybridized carbons (Fsp3) is 0.867. The molecule has 0 bridgehead atoms. The Kier molecular flexibility index (Phi) is 7.34. The van der Waals surface area contributed by atoms with E-state index in [4.69, 9.17) is 17.0 Å². The first-order chi connectivity index (χ1) is 8.79. The molecule has 3 heteroatoms. The topological polar surface area (TPSA) is 47.3 Å². The standard InChI is InChI=1S/C15H28N2O/c1-3-5-8-11-14(17-16)15(18-4-2)12-9-6-7-10-13-15/h1,14,17H,4-13,16H2,2H3. The number of ether oxygens (including phenoxy) is 1. The fourth-order valence-electron chi connectivity index (χ4n) is 3.11. The van der Waals surface area contributed by atoms with Crippen molar-refractivity contribution >= 4 is 0 Å². The van der Waals surface area contributed by atoms with Gasteiger partial charge in [-0.3, -0.25) is 11.3 Å². The smallest absolute Gasteiger partial charge is 0.0848 e. The average Bonchev–Trinajstić information content (AvgIpc) is 2.62. The molecule has 0 aliphatic heterocycles. The van der Waals surface area contributed by atoms with Crippen LogP contribution in [0.3, 0.4) is 0 Å². The lowest BCUT2D eigenvalue weighted by Crippen LogP contribution is -2.54. The van der Waals surface area contributed by atoms with Crippen molar-refractivity contribution in [3.05, 3.63) is 0 Å². The highest BCUT2D eigenvalue weighted by molar-refractivity contribution is 4.94. The summed E-state index contributed by atoms with van der Waals surface area (Å²) in [5.41, 5.74) is 2.92. The lowest BCUT2D eigenvalue weighted by molar-refractivity contribution is -0.0789. The molecule has 0 radical (unpaired) electrons. The second-order valence-corrected chi connectivity index (χ2v) is 5.23. The maximum atomic E-state index is 6.14. The fourth-order valence-corrected chi connectivity index (χ4v) is 3.11. The van der Waals surface area contributed by atoms with Crippen LogP contribution in [0.15, 0.2) is 0 Å². The third-order valence-corrected chi connectivity index (χ3v) is 4.03. The molecule has 18 heavy (non-hydrogen) atoms. The first-order valence-corrected chi connectivity index (χ1v) is 7.32. The number of nitrogens with two attached hydrogens (primary N) is 1. The van der Waals surface area contributed by atoms with E-state index in [9.17, 15) is 0 Å². The van der Waals surface area contributed by atoms with Crippen molar-refractivity contribution in [3.63, 3.8) is 0 Å². The molecule has 0 aromatic carbocycles. The van der Waals surface area contributed by atoms with Crippen LogP contribution in [0.2, 0.25) is 0 Å². The number of rotatable bonds is 7. The van der Waals surface area contributed by atoms with E-state index in [0.29, 0.717) is 0 Å². The van der Waals surface area contributed by atoms with Crippen molar-refractivity contribution in [2.75, 3.05) is 6.61 Å². The zero-order valence-electron chi connectivity index (χ0n) is 11.7. The van der Waals surface area contributed by atoms with Crippen molar-refractivity contribution < 1.29 is 4.74 Å². The summed E-state index contributed by atoms with van der Waals surface area (Å²) in [6, 6.07) is 0.226. The number of hydrazine groups is 1. The molecule has 1 rings (SSSR count). The van der Waals surface area contributed by atoms with Gasteiger partial charge in [0.2, 0.25) is 0 Å². The molecule has 0 amide bonds. The van der Waals surface area contributed by atoms with Crippen LogP contribution in [-0.2, 0) is 4.74 Å². The molecule has 1 unspecified atom stereocenters. The van der Waals surface area contributed by atoms with E-state index in [-0.39, 0.29) is 11.6 Å². The van der Waals surface area contributed by atoms with Crippen LogP contribution in [0.1, 0.15) is 64.7 Å². The second kappa shape index (κ2) is 8.53. The van der Waals surface area contributed by atoms with Gasteiger partial charge in [0.05, 0.1) is 11.6 Å². The van der Waals surface area contributed by atoms with Crippen molar-refractivity contribution in [2.24, 2.45) is 5.84 Å². The second-order valence-electron chi connectivity index (χ2n) is 5.23. The lowest BCUT2D eigenvalue weighted by atomic mass is 9.83. The molecule has 3 nitrogen and oxygen atoms in total. The molecule has 0 aromatic heterocycles. The molecule has 1 fully saturated rings. The van der Waals surface area contributed by atoms with Gasteiger partial charge < -0.3 is 4.74 Å². The molecule has 1 aliphatic rings. The minimum atomic E-state index is -0.0748. The van der Waals surface area contributed by atoms with E-state index in [1.165, 1.54) is 25.7 Å². The van der Waals surface area contributed by atoms with Crippen LogP contribution in [0.5, 0.6) is 0 Å². The van der Waals surface area contributed by atoms with E-state index in [2.05, 4.69) is 18.3 Å². The van der Waals surface area contributed by atoms with Crippen molar-refractivity contribution in [2.45, 2.75) is 76.4 Å². The van der Waals surface area contributed by atoms with Crippen LogP contribution in [0.4, 0.5) is 0 Å². The molecule has 1 saturated carbocycles. The summed E-state index contributed by atoms with van der Waals surface area (Å²) in [6.45, 7) is 2.83. The molecule has 0 aromatic rings. The van der Waals surface area contributed by atoms with Gasteiger partial charge in [-0.05, 0) is 32.6 Å². The molecule has 1 aliphatic carbocycles. The number of unbranched alkanes of at least 4 members (excludes halogenated alkanes) is 1. The van der Waals surface area contributed by atoms with Gasteiger partial charge in [-0.25, -0.2) is 0 Å². The van der Waals surface area contributed by atoms with E-state index < -0.39 is 0 Å². The number of terminal acetylenes is 1. The predicted molar refractivity (Wildman–Crippen MR) is 75.9 cm³/mol. The van der Waals surface area contributed by atoms with Gasteiger partial charge in [-0.1, -0.05) is 25.7 Å². The minimum absolute atomic E-state index is 0.0748. The Bertz CT molecular complexity index is 252. The highest BCUT2D eigenvalue weighted by Gasteiger charge is 2.38. The van der Waals surface area contributed by atoms with Gasteiger partial charge in [0.25, 0.3) is 0 Å². The van der Waals surface area contributed by atoms with E-state index >= 15 is 0 Å². The summed E-state index contributed by atoms with van der Waals surface area (Å²) in [7, 11) is 0. The zero-order valence-corrected chi connectivity index (χ0v) is 11.7. The molecule has 0 saturated heterocycles. The Balaban J connectivity index is 2.68. The highest BCUT2D eigenvalue weighted by atomic mass is 16.5. The van der Waals surface area contributed by atoms with Crippen molar-refractivity contribution in [3.8, 4) is 12.3 Å². The Labute approximate surface area is 112 Å². The Morgan fingerprint density at radius 2 is 2.00 bits per heavy atom. The van der Waals surface area contributed by atoms with Crippen LogP contribution in [0.25, 0.3) is 0 Å². The Hall–Kier alpha value is -0.560.